The highest BCUT2D eigenvalue weighted by Gasteiger charge is 2.12. The largest absolute Gasteiger partial charge is 0.457 e. The van der Waals surface area contributed by atoms with Crippen LogP contribution in [0.5, 0.6) is 0 Å². The summed E-state index contributed by atoms with van der Waals surface area (Å²) in [7, 11) is 0. The second-order valence-electron chi connectivity index (χ2n) is 4.80. The molecule has 0 unspecified atom stereocenters. The molecule has 0 saturated heterocycles. The molecule has 0 fully saturated rings. The van der Waals surface area contributed by atoms with Crippen LogP contribution < -0.4 is 5.73 Å². The lowest BCUT2D eigenvalue weighted by molar-refractivity contribution is 0.0474. The normalized spacial score (nSPS) is 10.3. The van der Waals surface area contributed by atoms with Crippen LogP contribution in [0.15, 0.2) is 36.4 Å². The van der Waals surface area contributed by atoms with Crippen molar-refractivity contribution in [2.24, 2.45) is 0 Å². The predicted molar refractivity (Wildman–Crippen MR) is 75.8 cm³/mol. The van der Waals surface area contributed by atoms with Gasteiger partial charge in [-0.05, 0) is 37.6 Å². The van der Waals surface area contributed by atoms with Gasteiger partial charge in [-0.2, -0.15) is 0 Å². The van der Waals surface area contributed by atoms with E-state index in [0.29, 0.717) is 0 Å². The van der Waals surface area contributed by atoms with Gasteiger partial charge in [0.2, 0.25) is 0 Å². The van der Waals surface area contributed by atoms with Crippen LogP contribution in [0.25, 0.3) is 0 Å². The molecule has 0 amide bonds. The van der Waals surface area contributed by atoms with E-state index in [-0.39, 0.29) is 17.9 Å². The Morgan fingerprint density at radius 2 is 1.80 bits per heavy atom. The average molecular weight is 273 g/mol. The number of carbonyl (C=O) groups is 1. The summed E-state index contributed by atoms with van der Waals surface area (Å²) in [6.45, 7) is 4.13. The number of nitrogen functional groups attached to an aromatic ring is 1. The molecule has 4 heteroatoms. The molecule has 0 aliphatic rings. The maximum atomic E-state index is 12.9. The van der Waals surface area contributed by atoms with Crippen molar-refractivity contribution in [2.45, 2.75) is 20.5 Å². The molecule has 0 aromatic heterocycles. The number of halogens is 1. The zero-order valence-electron chi connectivity index (χ0n) is 11.4. The third-order valence-electron chi connectivity index (χ3n) is 2.88. The highest BCUT2D eigenvalue weighted by atomic mass is 19.1. The molecule has 0 aliphatic heterocycles. The third kappa shape index (κ3) is 3.35. The number of hydrogen-bond acceptors (Lipinski definition) is 3. The van der Waals surface area contributed by atoms with Crippen molar-refractivity contribution in [3.63, 3.8) is 0 Å². The van der Waals surface area contributed by atoms with Crippen LogP contribution in [0.4, 0.5) is 10.1 Å². The number of anilines is 1. The molecule has 2 rings (SSSR count). The number of rotatable bonds is 3. The van der Waals surface area contributed by atoms with Crippen LogP contribution in [0.2, 0.25) is 0 Å². The molecule has 0 aliphatic carbocycles. The molecule has 2 aromatic carbocycles. The van der Waals surface area contributed by atoms with Gasteiger partial charge >= 0.3 is 5.97 Å². The van der Waals surface area contributed by atoms with E-state index in [1.165, 1.54) is 12.1 Å². The Labute approximate surface area is 117 Å². The Morgan fingerprint density at radius 1 is 1.15 bits per heavy atom. The highest BCUT2D eigenvalue weighted by molar-refractivity contribution is 5.94. The van der Waals surface area contributed by atoms with Gasteiger partial charge in [0.1, 0.15) is 12.4 Å². The fourth-order valence-corrected chi connectivity index (χ4v) is 2.10. The Morgan fingerprint density at radius 3 is 2.40 bits per heavy atom. The van der Waals surface area contributed by atoms with Crippen LogP contribution in [0.3, 0.4) is 0 Å². The molecule has 104 valence electrons. The second-order valence-corrected chi connectivity index (χ2v) is 4.80. The van der Waals surface area contributed by atoms with E-state index in [1.807, 2.05) is 32.0 Å². The van der Waals surface area contributed by atoms with E-state index in [2.05, 4.69) is 0 Å². The number of nitrogens with two attached hydrogens (primary N) is 1. The fourth-order valence-electron chi connectivity index (χ4n) is 2.10. The molecule has 3 nitrogen and oxygen atoms in total. The Hall–Kier alpha value is -2.36. The zero-order chi connectivity index (χ0) is 14.7. The van der Waals surface area contributed by atoms with Crippen molar-refractivity contribution in [1.29, 1.82) is 0 Å². The second kappa shape index (κ2) is 5.74. The maximum Gasteiger partial charge on any atom is 0.340 e. The van der Waals surface area contributed by atoms with E-state index >= 15 is 0 Å². The summed E-state index contributed by atoms with van der Waals surface area (Å²) in [5, 5.41) is 0. The summed E-state index contributed by atoms with van der Waals surface area (Å²) in [4.78, 5) is 11.9. The maximum absolute atomic E-state index is 12.9. The number of esters is 1. The zero-order valence-corrected chi connectivity index (χ0v) is 11.4. The van der Waals surface area contributed by atoms with E-state index in [9.17, 15) is 9.18 Å². The van der Waals surface area contributed by atoms with Crippen molar-refractivity contribution in [1.82, 2.24) is 0 Å². The van der Waals surface area contributed by atoms with E-state index < -0.39 is 11.8 Å². The summed E-state index contributed by atoms with van der Waals surface area (Å²) in [5.41, 5.74) is 8.99. The van der Waals surface area contributed by atoms with E-state index in [4.69, 9.17) is 10.5 Å². The standard InChI is InChI=1S/C16H16FNO2/c1-10-5-11(2)7-12(6-10)9-20-16(19)14-4-3-13(17)8-15(14)18/h3-8H,9,18H2,1-2H3. The van der Waals surface area contributed by atoms with Gasteiger partial charge in [0, 0.05) is 5.69 Å². The number of benzene rings is 2. The first-order valence-electron chi connectivity index (χ1n) is 6.25. The quantitative estimate of drug-likeness (QED) is 0.689. The van der Waals surface area contributed by atoms with Gasteiger partial charge in [-0.3, -0.25) is 0 Å². The van der Waals surface area contributed by atoms with Gasteiger partial charge in [0.25, 0.3) is 0 Å². The SMILES string of the molecule is Cc1cc(C)cc(COC(=O)c2ccc(F)cc2N)c1. The first-order chi connectivity index (χ1) is 9.45. The topological polar surface area (TPSA) is 52.3 Å². The minimum absolute atomic E-state index is 0.0791. The minimum Gasteiger partial charge on any atom is -0.457 e. The monoisotopic (exact) mass is 273 g/mol. The lowest BCUT2D eigenvalue weighted by Gasteiger charge is -2.08. The number of aryl methyl sites for hydroxylation is 2. The fraction of sp³-hybridized carbons (Fsp3) is 0.188. The first kappa shape index (κ1) is 14.1. The van der Waals surface area contributed by atoms with Crippen molar-refractivity contribution < 1.29 is 13.9 Å². The number of hydrogen-bond donors (Lipinski definition) is 1. The summed E-state index contributed by atoms with van der Waals surface area (Å²) in [6, 6.07) is 9.57. The molecular weight excluding hydrogens is 257 g/mol. The Bertz CT molecular complexity index is 633. The number of ether oxygens (including phenoxy) is 1. The predicted octanol–water partition coefficient (Wildman–Crippen LogP) is 3.38. The summed E-state index contributed by atoms with van der Waals surface area (Å²) in [6.07, 6.45) is 0. The van der Waals surface area contributed by atoms with Crippen molar-refractivity contribution in [2.75, 3.05) is 5.73 Å². The molecule has 20 heavy (non-hydrogen) atoms. The Kier molecular flexibility index (Phi) is 4.03. The van der Waals surface area contributed by atoms with Crippen LogP contribution in [-0.2, 0) is 11.3 Å². The first-order valence-corrected chi connectivity index (χ1v) is 6.25. The van der Waals surface area contributed by atoms with Crippen LogP contribution in [0.1, 0.15) is 27.0 Å². The van der Waals surface area contributed by atoms with Gasteiger partial charge in [0.05, 0.1) is 5.56 Å². The van der Waals surface area contributed by atoms with Gasteiger partial charge < -0.3 is 10.5 Å². The molecule has 0 bridgehead atoms. The van der Waals surface area contributed by atoms with E-state index in [0.717, 1.165) is 22.8 Å². The van der Waals surface area contributed by atoms with Gasteiger partial charge in [0.15, 0.2) is 0 Å². The lowest BCUT2D eigenvalue weighted by atomic mass is 10.1. The van der Waals surface area contributed by atoms with Crippen molar-refractivity contribution >= 4 is 11.7 Å². The van der Waals surface area contributed by atoms with Crippen LogP contribution >= 0.6 is 0 Å². The summed E-state index contributed by atoms with van der Waals surface area (Å²) < 4.78 is 18.1. The van der Waals surface area contributed by atoms with Crippen LogP contribution in [-0.4, -0.2) is 5.97 Å². The average Bonchev–Trinajstić information content (AvgIpc) is 2.35. The molecule has 2 aromatic rings. The van der Waals surface area contributed by atoms with Crippen molar-refractivity contribution in [3.8, 4) is 0 Å². The minimum atomic E-state index is -0.554. The molecule has 0 spiro atoms. The lowest BCUT2D eigenvalue weighted by Crippen LogP contribution is -2.08. The smallest absolute Gasteiger partial charge is 0.340 e. The van der Waals surface area contributed by atoms with Gasteiger partial charge in [-0.25, -0.2) is 9.18 Å². The van der Waals surface area contributed by atoms with Crippen LogP contribution in [0, 0.1) is 19.7 Å². The molecule has 0 heterocycles. The molecule has 0 atom stereocenters. The molecular formula is C16H16FNO2. The van der Waals surface area contributed by atoms with Gasteiger partial charge in [-0.15, -0.1) is 0 Å². The van der Waals surface area contributed by atoms with Gasteiger partial charge in [-0.1, -0.05) is 29.3 Å². The highest BCUT2D eigenvalue weighted by Crippen LogP contribution is 2.16. The molecule has 2 N–H and O–H groups in total. The van der Waals surface area contributed by atoms with Crippen molar-refractivity contribution in [3.05, 3.63) is 64.5 Å². The van der Waals surface area contributed by atoms with E-state index in [1.54, 1.807) is 0 Å². The summed E-state index contributed by atoms with van der Waals surface area (Å²) in [5.74, 6) is -1.03. The summed E-state index contributed by atoms with van der Waals surface area (Å²) >= 11 is 0. The molecule has 0 saturated carbocycles. The molecule has 0 radical (unpaired) electrons. The third-order valence-corrected chi connectivity index (χ3v) is 2.88. The number of carbonyl (C=O) groups excluding carboxylic acids is 1. The Balaban J connectivity index is 2.08.